The summed E-state index contributed by atoms with van der Waals surface area (Å²) >= 11 is 0. The maximum absolute atomic E-state index is 13.4. The summed E-state index contributed by atoms with van der Waals surface area (Å²) in [5.74, 6) is -5.18. The van der Waals surface area contributed by atoms with Gasteiger partial charge in [0.1, 0.15) is 18.1 Å². The van der Waals surface area contributed by atoms with Crippen molar-refractivity contribution in [3.05, 3.63) is 71.9 Å². The van der Waals surface area contributed by atoms with Crippen LogP contribution < -0.4 is 21.7 Å². The molecule has 218 valence electrons. The van der Waals surface area contributed by atoms with Crippen molar-refractivity contribution in [3.8, 4) is 0 Å². The number of aliphatic hydroxyl groups is 1. The van der Waals surface area contributed by atoms with E-state index in [9.17, 15) is 34.2 Å². The minimum absolute atomic E-state index is 0.00970. The van der Waals surface area contributed by atoms with Gasteiger partial charge in [0, 0.05) is 29.9 Å². The molecule has 13 heteroatoms. The van der Waals surface area contributed by atoms with Gasteiger partial charge in [-0.05, 0) is 30.0 Å². The minimum Gasteiger partial charge on any atom is -0.481 e. The maximum Gasteiger partial charge on any atom is 0.326 e. The van der Waals surface area contributed by atoms with E-state index in [-0.39, 0.29) is 12.8 Å². The fourth-order valence-electron chi connectivity index (χ4n) is 4.23. The molecule has 4 unspecified atom stereocenters. The molecule has 0 saturated heterocycles. The van der Waals surface area contributed by atoms with Crippen LogP contribution in [0.2, 0.25) is 0 Å². The highest BCUT2D eigenvalue weighted by atomic mass is 16.4. The first kappa shape index (κ1) is 30.8. The molecule has 0 aliphatic heterocycles. The molecule has 0 aliphatic carbocycles. The van der Waals surface area contributed by atoms with Crippen LogP contribution in [0.1, 0.15) is 24.0 Å². The summed E-state index contributed by atoms with van der Waals surface area (Å²) in [4.78, 5) is 64.5. The number of nitrogens with two attached hydrogens (primary N) is 1. The smallest absolute Gasteiger partial charge is 0.326 e. The van der Waals surface area contributed by atoms with Gasteiger partial charge in [-0.3, -0.25) is 19.2 Å². The second-order valence-electron chi connectivity index (χ2n) is 9.50. The lowest BCUT2D eigenvalue weighted by molar-refractivity contribution is -0.143. The summed E-state index contributed by atoms with van der Waals surface area (Å²) < 4.78 is 0. The molecule has 1 aromatic heterocycles. The summed E-state index contributed by atoms with van der Waals surface area (Å²) in [6, 6.07) is 11.1. The third kappa shape index (κ3) is 8.88. The molecule has 41 heavy (non-hydrogen) atoms. The molecule has 9 N–H and O–H groups in total. The quantitative estimate of drug-likeness (QED) is 0.120. The standard InChI is InChI=1S/C28H33N5O8/c29-19(12-16-6-2-1-3-7-16)25(37)32-22(13-17-14-30-20-9-5-4-8-18(17)20)26(38)33-23(15-34)27(39)31-21(28(40)41)10-11-24(35)36/h1-9,14,19,21-23,30,34H,10-13,15,29H2,(H,31,39)(H,32,37)(H,33,38)(H,35,36)(H,40,41). The van der Waals surface area contributed by atoms with Gasteiger partial charge in [0.15, 0.2) is 0 Å². The molecule has 1 heterocycles. The average Bonchev–Trinajstić information content (AvgIpc) is 3.36. The highest BCUT2D eigenvalue weighted by Crippen LogP contribution is 2.19. The Morgan fingerprint density at radius 3 is 2.05 bits per heavy atom. The lowest BCUT2D eigenvalue weighted by Gasteiger charge is -2.24. The Morgan fingerprint density at radius 2 is 1.39 bits per heavy atom. The molecular weight excluding hydrogens is 534 g/mol. The Balaban J connectivity index is 1.77. The number of para-hydroxylation sites is 1. The van der Waals surface area contributed by atoms with Crippen molar-refractivity contribution < 1.29 is 39.3 Å². The van der Waals surface area contributed by atoms with Crippen molar-refractivity contribution in [1.29, 1.82) is 0 Å². The summed E-state index contributed by atoms with van der Waals surface area (Å²) in [6.07, 6.45) is 0.992. The van der Waals surface area contributed by atoms with E-state index in [4.69, 9.17) is 10.8 Å². The molecule has 0 bridgehead atoms. The minimum atomic E-state index is -1.57. The van der Waals surface area contributed by atoms with E-state index in [1.54, 1.807) is 6.20 Å². The van der Waals surface area contributed by atoms with E-state index in [2.05, 4.69) is 20.9 Å². The second-order valence-corrected chi connectivity index (χ2v) is 9.50. The number of H-pyrrole nitrogens is 1. The molecular formula is C28H33N5O8. The van der Waals surface area contributed by atoms with Crippen molar-refractivity contribution in [1.82, 2.24) is 20.9 Å². The van der Waals surface area contributed by atoms with Gasteiger partial charge in [-0.2, -0.15) is 0 Å². The first-order valence-electron chi connectivity index (χ1n) is 12.9. The fraction of sp³-hybridized carbons (Fsp3) is 0.321. The zero-order valence-corrected chi connectivity index (χ0v) is 22.1. The highest BCUT2D eigenvalue weighted by Gasteiger charge is 2.31. The molecule has 0 radical (unpaired) electrons. The van der Waals surface area contributed by atoms with Crippen LogP contribution in [0.15, 0.2) is 60.8 Å². The van der Waals surface area contributed by atoms with Crippen LogP contribution in [-0.2, 0) is 36.8 Å². The van der Waals surface area contributed by atoms with Gasteiger partial charge < -0.3 is 42.0 Å². The topological polar surface area (TPSA) is 224 Å². The molecule has 0 saturated carbocycles. The third-order valence-corrected chi connectivity index (χ3v) is 6.44. The number of fused-ring (bicyclic) bond motifs is 1. The molecule has 13 nitrogen and oxygen atoms in total. The monoisotopic (exact) mass is 567 g/mol. The Labute approximate surface area is 235 Å². The van der Waals surface area contributed by atoms with Crippen LogP contribution in [0.3, 0.4) is 0 Å². The Morgan fingerprint density at radius 1 is 0.780 bits per heavy atom. The highest BCUT2D eigenvalue weighted by molar-refractivity contribution is 5.95. The maximum atomic E-state index is 13.4. The van der Waals surface area contributed by atoms with E-state index in [1.807, 2.05) is 54.6 Å². The number of nitrogens with one attached hydrogen (secondary N) is 4. The van der Waals surface area contributed by atoms with Gasteiger partial charge in [-0.25, -0.2) is 4.79 Å². The lowest BCUT2D eigenvalue weighted by atomic mass is 10.0. The van der Waals surface area contributed by atoms with Crippen LogP contribution in [0.4, 0.5) is 0 Å². The second kappa shape index (κ2) is 14.6. The predicted molar refractivity (Wildman–Crippen MR) is 148 cm³/mol. The third-order valence-electron chi connectivity index (χ3n) is 6.44. The van der Waals surface area contributed by atoms with Gasteiger partial charge in [0.05, 0.1) is 12.6 Å². The van der Waals surface area contributed by atoms with Crippen molar-refractivity contribution in [2.24, 2.45) is 5.73 Å². The Hall–Kier alpha value is -4.75. The SMILES string of the molecule is NC(Cc1ccccc1)C(=O)NC(Cc1c[nH]c2ccccc12)C(=O)NC(CO)C(=O)NC(CCC(=O)O)C(=O)O. The molecule has 0 aliphatic rings. The van der Waals surface area contributed by atoms with Gasteiger partial charge in [-0.15, -0.1) is 0 Å². The van der Waals surface area contributed by atoms with E-state index < -0.39 is 73.3 Å². The summed E-state index contributed by atoms with van der Waals surface area (Å²) in [5.41, 5.74) is 8.44. The van der Waals surface area contributed by atoms with Crippen LogP contribution in [-0.4, -0.2) is 80.7 Å². The van der Waals surface area contributed by atoms with Crippen LogP contribution in [0.25, 0.3) is 10.9 Å². The van der Waals surface area contributed by atoms with Crippen LogP contribution >= 0.6 is 0 Å². The number of hydrogen-bond donors (Lipinski definition) is 8. The van der Waals surface area contributed by atoms with E-state index in [0.29, 0.717) is 5.56 Å². The number of carboxylic acids is 2. The van der Waals surface area contributed by atoms with Crippen molar-refractivity contribution in [2.75, 3.05) is 6.61 Å². The first-order chi connectivity index (χ1) is 19.6. The molecule has 4 atom stereocenters. The molecule has 3 rings (SSSR count). The van der Waals surface area contributed by atoms with E-state index in [0.717, 1.165) is 16.5 Å². The van der Waals surface area contributed by atoms with Crippen LogP contribution in [0.5, 0.6) is 0 Å². The van der Waals surface area contributed by atoms with Gasteiger partial charge in [-0.1, -0.05) is 48.5 Å². The van der Waals surface area contributed by atoms with Crippen LogP contribution in [0, 0.1) is 0 Å². The molecule has 2 aromatic carbocycles. The van der Waals surface area contributed by atoms with Crippen molar-refractivity contribution in [3.63, 3.8) is 0 Å². The number of rotatable bonds is 15. The first-order valence-corrected chi connectivity index (χ1v) is 12.9. The zero-order valence-electron chi connectivity index (χ0n) is 22.1. The largest absolute Gasteiger partial charge is 0.481 e. The average molecular weight is 568 g/mol. The Kier molecular flexibility index (Phi) is 11.0. The van der Waals surface area contributed by atoms with E-state index >= 15 is 0 Å². The molecule has 3 aromatic rings. The number of aromatic nitrogens is 1. The number of hydrogen-bond acceptors (Lipinski definition) is 7. The van der Waals surface area contributed by atoms with Gasteiger partial charge in [0.25, 0.3) is 0 Å². The zero-order chi connectivity index (χ0) is 29.9. The van der Waals surface area contributed by atoms with E-state index in [1.165, 1.54) is 0 Å². The van der Waals surface area contributed by atoms with Gasteiger partial charge >= 0.3 is 11.9 Å². The predicted octanol–water partition coefficient (Wildman–Crippen LogP) is -0.323. The number of aromatic amines is 1. The summed E-state index contributed by atoms with van der Waals surface area (Å²) in [7, 11) is 0. The fourth-order valence-corrected chi connectivity index (χ4v) is 4.23. The number of aliphatic carboxylic acids is 2. The van der Waals surface area contributed by atoms with Crippen molar-refractivity contribution >= 4 is 40.6 Å². The number of amides is 3. The number of carbonyl (C=O) groups is 5. The number of benzene rings is 2. The Bertz CT molecular complexity index is 1380. The number of aliphatic hydroxyl groups excluding tert-OH is 1. The number of carboxylic acid groups (broad SMARTS) is 2. The molecule has 0 fully saturated rings. The molecule has 3 amide bonds. The van der Waals surface area contributed by atoms with Gasteiger partial charge in [0.2, 0.25) is 17.7 Å². The number of carbonyl (C=O) groups excluding carboxylic acids is 3. The summed E-state index contributed by atoms with van der Waals surface area (Å²) in [6.45, 7) is -0.885. The normalized spacial score (nSPS) is 13.9. The summed E-state index contributed by atoms with van der Waals surface area (Å²) in [5, 5.41) is 35.9. The molecule has 0 spiro atoms. The lowest BCUT2D eigenvalue weighted by Crippen LogP contribution is -2.58. The van der Waals surface area contributed by atoms with Crippen molar-refractivity contribution in [2.45, 2.75) is 49.9 Å².